The van der Waals surface area contributed by atoms with Crippen molar-refractivity contribution in [2.45, 2.75) is 63.3 Å². The molecule has 0 unspecified atom stereocenters. The summed E-state index contributed by atoms with van der Waals surface area (Å²) in [6.07, 6.45) is 7.85. The number of fused-ring (bicyclic) bond motifs is 4. The molecule has 2 fully saturated rings. The van der Waals surface area contributed by atoms with Gasteiger partial charge < -0.3 is 9.64 Å². The standard InChI is InChI=1S/C20H27NO2/c1-20-9-10-21(19(22)14-5-3-4-6-14)16(13-20)11-15-7-8-17(23-2)12-18(15)20/h7-8,12,14,16H,3-6,9-11,13H2,1-2H3/t16-,20+/m0/s1. The molecular weight excluding hydrogens is 286 g/mol. The molecule has 1 saturated heterocycles. The molecule has 0 aromatic heterocycles. The van der Waals surface area contributed by atoms with Gasteiger partial charge in [-0.25, -0.2) is 0 Å². The lowest BCUT2D eigenvalue weighted by atomic mass is 9.65. The average Bonchev–Trinajstić information content (AvgIpc) is 3.09. The zero-order chi connectivity index (χ0) is 16.0. The molecule has 4 rings (SSSR count). The topological polar surface area (TPSA) is 29.5 Å². The first-order chi connectivity index (χ1) is 11.1. The van der Waals surface area contributed by atoms with Gasteiger partial charge in [-0.05, 0) is 60.8 Å². The number of carbonyl (C=O) groups is 1. The second kappa shape index (κ2) is 5.54. The van der Waals surface area contributed by atoms with Crippen molar-refractivity contribution in [3.05, 3.63) is 29.3 Å². The SMILES string of the molecule is COc1ccc2c(c1)[C@]1(C)CCN(C(=O)C3CCCC3)[C@@H](C2)C1. The lowest BCUT2D eigenvalue weighted by Crippen LogP contribution is -2.55. The largest absolute Gasteiger partial charge is 0.497 e. The van der Waals surface area contributed by atoms with E-state index in [0.717, 1.165) is 44.4 Å². The zero-order valence-electron chi connectivity index (χ0n) is 14.3. The number of carbonyl (C=O) groups excluding carboxylic acids is 1. The third-order valence-corrected chi connectivity index (χ3v) is 6.44. The van der Waals surface area contributed by atoms with Gasteiger partial charge in [-0.3, -0.25) is 4.79 Å². The van der Waals surface area contributed by atoms with Gasteiger partial charge >= 0.3 is 0 Å². The van der Waals surface area contributed by atoms with Gasteiger partial charge in [-0.1, -0.05) is 25.8 Å². The van der Waals surface area contributed by atoms with Crippen LogP contribution in [0.1, 0.15) is 56.6 Å². The van der Waals surface area contributed by atoms with Crippen LogP contribution in [0.4, 0.5) is 0 Å². The van der Waals surface area contributed by atoms with Crippen molar-refractivity contribution in [3.63, 3.8) is 0 Å². The smallest absolute Gasteiger partial charge is 0.225 e. The number of hydrogen-bond acceptors (Lipinski definition) is 2. The quantitative estimate of drug-likeness (QED) is 0.833. The van der Waals surface area contributed by atoms with E-state index in [-0.39, 0.29) is 5.41 Å². The minimum atomic E-state index is 0.194. The van der Waals surface area contributed by atoms with E-state index in [9.17, 15) is 4.79 Å². The first-order valence-corrected chi connectivity index (χ1v) is 9.08. The fraction of sp³-hybridized carbons (Fsp3) is 0.650. The third kappa shape index (κ3) is 2.45. The van der Waals surface area contributed by atoms with E-state index in [1.54, 1.807) is 7.11 Å². The van der Waals surface area contributed by atoms with E-state index in [2.05, 4.69) is 30.0 Å². The van der Waals surface area contributed by atoms with E-state index in [1.807, 2.05) is 0 Å². The van der Waals surface area contributed by atoms with Gasteiger partial charge in [0.05, 0.1) is 7.11 Å². The van der Waals surface area contributed by atoms with E-state index in [0.29, 0.717) is 17.9 Å². The van der Waals surface area contributed by atoms with E-state index < -0.39 is 0 Å². The molecule has 3 heteroatoms. The van der Waals surface area contributed by atoms with Crippen LogP contribution in [0.2, 0.25) is 0 Å². The Morgan fingerprint density at radius 1 is 1.30 bits per heavy atom. The van der Waals surface area contributed by atoms with E-state index in [4.69, 9.17) is 4.74 Å². The molecule has 3 aliphatic rings. The number of hydrogen-bond donors (Lipinski definition) is 0. The van der Waals surface area contributed by atoms with Crippen molar-refractivity contribution >= 4 is 5.91 Å². The predicted molar refractivity (Wildman–Crippen MR) is 90.7 cm³/mol. The molecule has 124 valence electrons. The van der Waals surface area contributed by atoms with Crippen LogP contribution in [-0.4, -0.2) is 30.5 Å². The van der Waals surface area contributed by atoms with Crippen LogP contribution in [0.15, 0.2) is 18.2 Å². The molecule has 2 aliphatic carbocycles. The maximum Gasteiger partial charge on any atom is 0.225 e. The normalized spacial score (nSPS) is 30.2. The maximum absolute atomic E-state index is 12.9. The summed E-state index contributed by atoms with van der Waals surface area (Å²) in [6.45, 7) is 3.29. The monoisotopic (exact) mass is 313 g/mol. The fourth-order valence-corrected chi connectivity index (χ4v) is 5.08. The number of nitrogens with zero attached hydrogens (tertiary/aromatic N) is 1. The van der Waals surface area contributed by atoms with Gasteiger partial charge in [-0.2, -0.15) is 0 Å². The van der Waals surface area contributed by atoms with Crippen molar-refractivity contribution in [3.8, 4) is 5.75 Å². The summed E-state index contributed by atoms with van der Waals surface area (Å²) in [6, 6.07) is 6.89. The van der Waals surface area contributed by atoms with Crippen molar-refractivity contribution < 1.29 is 9.53 Å². The number of benzene rings is 1. The van der Waals surface area contributed by atoms with Crippen LogP contribution in [0.25, 0.3) is 0 Å². The highest BCUT2D eigenvalue weighted by Crippen LogP contribution is 2.46. The first kappa shape index (κ1) is 15.0. The summed E-state index contributed by atoms with van der Waals surface area (Å²) in [5, 5.41) is 0. The average molecular weight is 313 g/mol. The highest BCUT2D eigenvalue weighted by atomic mass is 16.5. The summed E-state index contributed by atoms with van der Waals surface area (Å²) >= 11 is 0. The molecule has 3 nitrogen and oxygen atoms in total. The fourth-order valence-electron chi connectivity index (χ4n) is 5.08. The Morgan fingerprint density at radius 2 is 2.09 bits per heavy atom. The van der Waals surface area contributed by atoms with Crippen molar-refractivity contribution in [2.24, 2.45) is 5.92 Å². The van der Waals surface area contributed by atoms with Crippen LogP contribution in [0.3, 0.4) is 0 Å². The second-order valence-corrected chi connectivity index (χ2v) is 7.91. The summed E-state index contributed by atoms with van der Waals surface area (Å²) in [4.78, 5) is 15.2. The Kier molecular flexibility index (Phi) is 3.62. The van der Waals surface area contributed by atoms with Crippen LogP contribution in [0, 0.1) is 5.92 Å². The minimum absolute atomic E-state index is 0.194. The number of piperidine rings is 1. The summed E-state index contributed by atoms with van der Waals surface area (Å²) < 4.78 is 5.43. The molecule has 2 atom stereocenters. The van der Waals surface area contributed by atoms with Gasteiger partial charge in [0, 0.05) is 18.5 Å². The molecule has 1 heterocycles. The Bertz CT molecular complexity index is 620. The number of likely N-dealkylation sites (tertiary alicyclic amines) is 1. The molecule has 1 aliphatic heterocycles. The van der Waals surface area contributed by atoms with E-state index in [1.165, 1.54) is 24.0 Å². The molecule has 0 N–H and O–H groups in total. The Hall–Kier alpha value is -1.51. The summed E-state index contributed by atoms with van der Waals surface area (Å²) in [5.74, 6) is 1.69. The molecule has 23 heavy (non-hydrogen) atoms. The Balaban J connectivity index is 1.62. The highest BCUT2D eigenvalue weighted by Gasteiger charge is 2.45. The van der Waals surface area contributed by atoms with Gasteiger partial charge in [-0.15, -0.1) is 0 Å². The van der Waals surface area contributed by atoms with Gasteiger partial charge in [0.15, 0.2) is 0 Å². The van der Waals surface area contributed by atoms with Crippen LogP contribution >= 0.6 is 0 Å². The van der Waals surface area contributed by atoms with Crippen LogP contribution < -0.4 is 4.74 Å². The molecule has 1 saturated carbocycles. The van der Waals surface area contributed by atoms with Gasteiger partial charge in [0.1, 0.15) is 5.75 Å². The molecule has 1 amide bonds. The lowest BCUT2D eigenvalue weighted by Gasteiger charge is -2.50. The molecule has 1 aromatic rings. The summed E-state index contributed by atoms with van der Waals surface area (Å²) in [5.41, 5.74) is 3.05. The first-order valence-electron chi connectivity index (χ1n) is 9.08. The minimum Gasteiger partial charge on any atom is -0.497 e. The maximum atomic E-state index is 12.9. The number of ether oxygens (including phenoxy) is 1. The number of methoxy groups -OCH3 is 1. The third-order valence-electron chi connectivity index (χ3n) is 6.44. The van der Waals surface area contributed by atoms with Gasteiger partial charge in [0.2, 0.25) is 5.91 Å². The van der Waals surface area contributed by atoms with E-state index >= 15 is 0 Å². The van der Waals surface area contributed by atoms with Crippen LogP contribution in [0.5, 0.6) is 5.75 Å². The molecule has 2 bridgehead atoms. The Morgan fingerprint density at radius 3 is 2.83 bits per heavy atom. The zero-order valence-corrected chi connectivity index (χ0v) is 14.3. The second-order valence-electron chi connectivity index (χ2n) is 7.91. The van der Waals surface area contributed by atoms with Gasteiger partial charge in [0.25, 0.3) is 0 Å². The molecular formula is C20H27NO2. The Labute approximate surface area is 139 Å². The number of rotatable bonds is 2. The predicted octanol–water partition coefficient (Wildman–Crippen LogP) is 3.69. The molecule has 0 spiro atoms. The van der Waals surface area contributed by atoms with Crippen molar-refractivity contribution in [2.75, 3.05) is 13.7 Å². The summed E-state index contributed by atoms with van der Waals surface area (Å²) in [7, 11) is 1.73. The van der Waals surface area contributed by atoms with Crippen molar-refractivity contribution in [1.82, 2.24) is 4.90 Å². The lowest BCUT2D eigenvalue weighted by molar-refractivity contribution is -0.140. The van der Waals surface area contributed by atoms with Crippen LogP contribution in [-0.2, 0) is 16.6 Å². The van der Waals surface area contributed by atoms with Crippen molar-refractivity contribution in [1.29, 1.82) is 0 Å². The molecule has 0 radical (unpaired) electrons. The molecule has 1 aromatic carbocycles. The highest BCUT2D eigenvalue weighted by molar-refractivity contribution is 5.79. The number of amides is 1.